The molecule has 2 aliphatic rings. The minimum absolute atomic E-state index is 0.0700. The number of nitrogens with one attached hydrogen (secondary N) is 1. The lowest BCUT2D eigenvalue weighted by Crippen LogP contribution is -2.46. The van der Waals surface area contributed by atoms with Gasteiger partial charge < -0.3 is 4.90 Å². The van der Waals surface area contributed by atoms with Crippen LogP contribution in [0.2, 0.25) is 0 Å². The maximum Gasteiger partial charge on any atom is 0.279 e. The fraction of sp³-hybridized carbons (Fsp3) is 1.00. The maximum absolute atomic E-state index is 12.1. The van der Waals surface area contributed by atoms with Crippen LogP contribution in [0.25, 0.3) is 0 Å². The molecular formula is C11H23N3O2S. The molecule has 0 bridgehead atoms. The monoisotopic (exact) mass is 261 g/mol. The van der Waals surface area contributed by atoms with Gasteiger partial charge in [0.1, 0.15) is 0 Å². The highest BCUT2D eigenvalue weighted by molar-refractivity contribution is 7.87. The Balaban J connectivity index is 1.96. The number of hydrogen-bond donors (Lipinski definition) is 1. The van der Waals surface area contributed by atoms with Gasteiger partial charge in [0, 0.05) is 32.2 Å². The second-order valence-corrected chi connectivity index (χ2v) is 6.87. The minimum atomic E-state index is -3.25. The van der Waals surface area contributed by atoms with E-state index in [2.05, 4.69) is 23.5 Å². The largest absolute Gasteiger partial charge is 0.302 e. The number of hydrogen-bond acceptors (Lipinski definition) is 3. The lowest BCUT2D eigenvalue weighted by molar-refractivity contribution is 0.344. The first-order chi connectivity index (χ1) is 8.03. The second kappa shape index (κ2) is 5.22. The van der Waals surface area contributed by atoms with Crippen molar-refractivity contribution in [1.29, 1.82) is 0 Å². The molecule has 2 saturated heterocycles. The maximum atomic E-state index is 12.1. The van der Waals surface area contributed by atoms with Crippen molar-refractivity contribution in [2.24, 2.45) is 5.92 Å². The summed E-state index contributed by atoms with van der Waals surface area (Å²) >= 11 is 0. The molecule has 0 aromatic carbocycles. The highest BCUT2D eigenvalue weighted by Crippen LogP contribution is 2.19. The highest BCUT2D eigenvalue weighted by atomic mass is 32.2. The van der Waals surface area contributed by atoms with Crippen LogP contribution in [0.4, 0.5) is 0 Å². The summed E-state index contributed by atoms with van der Waals surface area (Å²) < 4.78 is 28.7. The summed E-state index contributed by atoms with van der Waals surface area (Å²) in [7, 11) is -3.25. The van der Waals surface area contributed by atoms with Crippen molar-refractivity contribution >= 4 is 10.2 Å². The van der Waals surface area contributed by atoms with Crippen LogP contribution in [0.15, 0.2) is 0 Å². The molecule has 0 aromatic rings. The fourth-order valence-corrected chi connectivity index (χ4v) is 4.25. The molecule has 0 saturated carbocycles. The summed E-state index contributed by atoms with van der Waals surface area (Å²) in [5, 5.41) is 0. The van der Waals surface area contributed by atoms with Crippen molar-refractivity contribution in [3.05, 3.63) is 0 Å². The molecule has 2 heterocycles. The van der Waals surface area contributed by atoms with Gasteiger partial charge in [-0.1, -0.05) is 13.8 Å². The molecule has 5 nitrogen and oxygen atoms in total. The summed E-state index contributed by atoms with van der Waals surface area (Å²) in [6.45, 7) is 8.40. The van der Waals surface area contributed by atoms with Crippen molar-refractivity contribution < 1.29 is 8.42 Å². The van der Waals surface area contributed by atoms with Crippen molar-refractivity contribution in [1.82, 2.24) is 13.9 Å². The van der Waals surface area contributed by atoms with Gasteiger partial charge >= 0.3 is 0 Å². The molecular weight excluding hydrogens is 238 g/mol. The van der Waals surface area contributed by atoms with E-state index in [1.165, 1.54) is 0 Å². The van der Waals surface area contributed by atoms with Gasteiger partial charge in [0.15, 0.2) is 0 Å². The molecule has 6 heteroatoms. The average molecular weight is 261 g/mol. The zero-order valence-electron chi connectivity index (χ0n) is 10.7. The van der Waals surface area contributed by atoms with Crippen LogP contribution in [-0.2, 0) is 10.2 Å². The number of nitrogens with zero attached hydrogens (tertiary/aromatic N) is 2. The SMILES string of the molecule is CCN1C[C@@H](C)[C@@H](NS(=O)(=O)N2CCCC2)C1. The highest BCUT2D eigenvalue weighted by Gasteiger charge is 2.34. The van der Waals surface area contributed by atoms with E-state index in [0.717, 1.165) is 32.5 Å². The van der Waals surface area contributed by atoms with Crippen molar-refractivity contribution in [2.75, 3.05) is 32.7 Å². The van der Waals surface area contributed by atoms with E-state index in [0.29, 0.717) is 19.0 Å². The predicted molar refractivity (Wildman–Crippen MR) is 67.9 cm³/mol. The van der Waals surface area contributed by atoms with Crippen LogP contribution >= 0.6 is 0 Å². The molecule has 1 N–H and O–H groups in total. The van der Waals surface area contributed by atoms with Gasteiger partial charge in [0.05, 0.1) is 0 Å². The molecule has 0 amide bonds. The van der Waals surface area contributed by atoms with Gasteiger partial charge in [0.25, 0.3) is 10.2 Å². The first kappa shape index (κ1) is 13.3. The van der Waals surface area contributed by atoms with Gasteiger partial charge in [-0.3, -0.25) is 0 Å². The molecule has 2 fully saturated rings. The molecule has 0 aromatic heterocycles. The molecule has 0 spiro atoms. The Morgan fingerprint density at radius 2 is 1.88 bits per heavy atom. The fourth-order valence-electron chi connectivity index (χ4n) is 2.67. The van der Waals surface area contributed by atoms with Gasteiger partial charge in [-0.15, -0.1) is 0 Å². The predicted octanol–water partition coefficient (Wildman–Crippen LogP) is 0.257. The third-order valence-electron chi connectivity index (χ3n) is 3.84. The average Bonchev–Trinajstić information content (AvgIpc) is 2.88. The lowest BCUT2D eigenvalue weighted by atomic mass is 10.1. The molecule has 2 atom stereocenters. The summed E-state index contributed by atoms with van der Waals surface area (Å²) in [6.07, 6.45) is 1.98. The molecule has 0 aliphatic carbocycles. The summed E-state index contributed by atoms with van der Waals surface area (Å²) in [5.74, 6) is 0.396. The Morgan fingerprint density at radius 1 is 1.24 bits per heavy atom. The number of rotatable bonds is 4. The number of likely N-dealkylation sites (tertiary alicyclic amines) is 1. The van der Waals surface area contributed by atoms with Gasteiger partial charge in [-0.05, 0) is 25.3 Å². The van der Waals surface area contributed by atoms with Crippen molar-refractivity contribution in [3.63, 3.8) is 0 Å². The smallest absolute Gasteiger partial charge is 0.279 e. The number of likely N-dealkylation sites (N-methyl/N-ethyl adjacent to an activating group) is 1. The topological polar surface area (TPSA) is 52.7 Å². The molecule has 17 heavy (non-hydrogen) atoms. The lowest BCUT2D eigenvalue weighted by Gasteiger charge is -2.21. The molecule has 2 aliphatic heterocycles. The molecule has 0 unspecified atom stereocenters. The van der Waals surface area contributed by atoms with E-state index < -0.39 is 10.2 Å². The second-order valence-electron chi connectivity index (χ2n) is 5.17. The van der Waals surface area contributed by atoms with Crippen molar-refractivity contribution in [2.45, 2.75) is 32.7 Å². The summed E-state index contributed by atoms with van der Waals surface area (Å²) in [6, 6.07) is 0.0700. The Hall–Kier alpha value is -0.170. The van der Waals surface area contributed by atoms with Crippen LogP contribution in [0.1, 0.15) is 26.7 Å². The standard InChI is InChI=1S/C11H23N3O2S/c1-3-13-8-10(2)11(9-13)12-17(15,16)14-6-4-5-7-14/h10-12H,3-9H2,1-2H3/t10-,11+/m1/s1. The third kappa shape index (κ3) is 2.99. The summed E-state index contributed by atoms with van der Waals surface area (Å²) in [4.78, 5) is 2.29. The third-order valence-corrected chi connectivity index (χ3v) is 5.49. The van der Waals surface area contributed by atoms with Crippen LogP contribution < -0.4 is 4.72 Å². The summed E-state index contributed by atoms with van der Waals surface area (Å²) in [5.41, 5.74) is 0. The van der Waals surface area contributed by atoms with E-state index >= 15 is 0 Å². The Labute approximate surface area is 104 Å². The van der Waals surface area contributed by atoms with Gasteiger partial charge in [-0.2, -0.15) is 17.4 Å². The minimum Gasteiger partial charge on any atom is -0.302 e. The normalized spacial score (nSPS) is 32.4. The van der Waals surface area contributed by atoms with Crippen LogP contribution in [0, 0.1) is 5.92 Å². The van der Waals surface area contributed by atoms with E-state index in [-0.39, 0.29) is 6.04 Å². The van der Waals surface area contributed by atoms with Crippen LogP contribution in [0.3, 0.4) is 0 Å². The van der Waals surface area contributed by atoms with Crippen molar-refractivity contribution in [3.8, 4) is 0 Å². The molecule has 2 rings (SSSR count). The zero-order valence-corrected chi connectivity index (χ0v) is 11.5. The van der Waals surface area contributed by atoms with E-state index in [1.54, 1.807) is 4.31 Å². The van der Waals surface area contributed by atoms with E-state index in [1.807, 2.05) is 0 Å². The molecule has 100 valence electrons. The zero-order chi connectivity index (χ0) is 12.5. The first-order valence-electron chi connectivity index (χ1n) is 6.52. The first-order valence-corrected chi connectivity index (χ1v) is 7.96. The van der Waals surface area contributed by atoms with E-state index in [4.69, 9.17) is 0 Å². The van der Waals surface area contributed by atoms with E-state index in [9.17, 15) is 8.42 Å². The quantitative estimate of drug-likeness (QED) is 0.789. The Bertz CT molecular complexity index is 352. The van der Waals surface area contributed by atoms with Crippen LogP contribution in [-0.4, -0.2) is 56.4 Å². The molecule has 0 radical (unpaired) electrons. The van der Waals surface area contributed by atoms with Gasteiger partial charge in [-0.25, -0.2) is 0 Å². The Kier molecular flexibility index (Phi) is 4.07. The van der Waals surface area contributed by atoms with Gasteiger partial charge in [0.2, 0.25) is 0 Å². The van der Waals surface area contributed by atoms with Crippen LogP contribution in [0.5, 0.6) is 0 Å². The Morgan fingerprint density at radius 3 is 2.41 bits per heavy atom.